The van der Waals surface area contributed by atoms with Gasteiger partial charge in [-0.05, 0) is 55.9 Å². The number of rotatable bonds is 4. The lowest BCUT2D eigenvalue weighted by molar-refractivity contribution is -0.114. The lowest BCUT2D eigenvalue weighted by Gasteiger charge is -2.24. The number of amides is 1. The minimum absolute atomic E-state index is 0.168. The van der Waals surface area contributed by atoms with E-state index >= 15 is 0 Å². The highest BCUT2D eigenvalue weighted by molar-refractivity contribution is 7.89. The fourth-order valence-electron chi connectivity index (χ4n) is 3.07. The molecule has 1 aromatic rings. The molecule has 1 amide bonds. The maximum Gasteiger partial charge on any atom is 0.243 e. The van der Waals surface area contributed by atoms with Gasteiger partial charge in [-0.25, -0.2) is 8.42 Å². The lowest BCUT2D eigenvalue weighted by Crippen LogP contribution is -2.36. The quantitative estimate of drug-likeness (QED) is 0.927. The summed E-state index contributed by atoms with van der Waals surface area (Å²) < 4.78 is 27.2. The van der Waals surface area contributed by atoms with Gasteiger partial charge < -0.3 is 5.32 Å². The highest BCUT2D eigenvalue weighted by atomic mass is 32.2. The van der Waals surface area contributed by atoms with Crippen LogP contribution in [-0.2, 0) is 14.8 Å². The topological polar surface area (TPSA) is 66.5 Å². The second kappa shape index (κ2) is 5.42. The van der Waals surface area contributed by atoms with Crippen molar-refractivity contribution in [1.29, 1.82) is 0 Å². The number of nitrogens with one attached hydrogen (secondary N) is 1. The van der Waals surface area contributed by atoms with Crippen LogP contribution in [0.15, 0.2) is 29.2 Å². The summed E-state index contributed by atoms with van der Waals surface area (Å²) in [5.74, 6) is 0.389. The van der Waals surface area contributed by atoms with Gasteiger partial charge in [0.05, 0.1) is 4.90 Å². The first-order chi connectivity index (χ1) is 9.98. The molecule has 1 unspecified atom stereocenters. The summed E-state index contributed by atoms with van der Waals surface area (Å²) in [6, 6.07) is 6.60. The summed E-state index contributed by atoms with van der Waals surface area (Å²) in [7, 11) is -3.42. The van der Waals surface area contributed by atoms with Crippen molar-refractivity contribution in [1.82, 2.24) is 4.31 Å². The molecule has 3 rings (SSSR count). The molecule has 0 aromatic heterocycles. The Balaban J connectivity index is 1.82. The van der Waals surface area contributed by atoms with Gasteiger partial charge >= 0.3 is 0 Å². The third kappa shape index (κ3) is 2.96. The standard InChI is InChI=1S/C15H20N2O3S/c1-11(18)16-13-6-8-14(9-7-13)21(19,20)17-10-2-3-15(17)12-4-5-12/h6-9,12,15H,2-5,10H2,1H3,(H,16,18). The van der Waals surface area contributed by atoms with Crippen LogP contribution in [0.25, 0.3) is 0 Å². The van der Waals surface area contributed by atoms with E-state index in [1.807, 2.05) is 0 Å². The Hall–Kier alpha value is -1.40. The van der Waals surface area contributed by atoms with Crippen LogP contribution in [0.3, 0.4) is 0 Å². The first-order valence-corrected chi connectivity index (χ1v) is 8.82. The van der Waals surface area contributed by atoms with Crippen LogP contribution in [0.1, 0.15) is 32.6 Å². The van der Waals surface area contributed by atoms with Crippen LogP contribution in [0.5, 0.6) is 0 Å². The molecule has 1 saturated carbocycles. The lowest BCUT2D eigenvalue weighted by atomic mass is 10.1. The van der Waals surface area contributed by atoms with Gasteiger partial charge in [-0.15, -0.1) is 0 Å². The van der Waals surface area contributed by atoms with E-state index in [9.17, 15) is 13.2 Å². The molecule has 0 spiro atoms. The predicted molar refractivity (Wildman–Crippen MR) is 80.4 cm³/mol. The van der Waals surface area contributed by atoms with Crippen molar-refractivity contribution in [2.24, 2.45) is 5.92 Å². The molecule has 1 aromatic carbocycles. The van der Waals surface area contributed by atoms with Crippen LogP contribution in [0.2, 0.25) is 0 Å². The van der Waals surface area contributed by atoms with Crippen molar-refractivity contribution in [3.63, 3.8) is 0 Å². The van der Waals surface area contributed by atoms with E-state index in [0.717, 1.165) is 25.7 Å². The fraction of sp³-hybridized carbons (Fsp3) is 0.533. The van der Waals surface area contributed by atoms with Gasteiger partial charge in [0.15, 0.2) is 0 Å². The Morgan fingerprint density at radius 1 is 1.19 bits per heavy atom. The summed E-state index contributed by atoms with van der Waals surface area (Å²) in [5, 5.41) is 2.64. The number of anilines is 1. The molecular formula is C15H20N2O3S. The number of hydrogen-bond donors (Lipinski definition) is 1. The molecule has 1 aliphatic carbocycles. The van der Waals surface area contributed by atoms with E-state index in [1.54, 1.807) is 28.6 Å². The molecule has 2 fully saturated rings. The average molecular weight is 308 g/mol. The zero-order chi connectivity index (χ0) is 15.0. The molecule has 1 saturated heterocycles. The number of hydrogen-bond acceptors (Lipinski definition) is 3. The maximum absolute atomic E-state index is 12.7. The van der Waals surface area contributed by atoms with Gasteiger partial charge in [-0.2, -0.15) is 4.31 Å². The van der Waals surface area contributed by atoms with E-state index in [2.05, 4.69) is 5.32 Å². The van der Waals surface area contributed by atoms with Gasteiger partial charge in [-0.1, -0.05) is 0 Å². The maximum atomic E-state index is 12.7. The summed E-state index contributed by atoms with van der Waals surface area (Å²) in [6.07, 6.45) is 4.23. The zero-order valence-electron chi connectivity index (χ0n) is 12.1. The van der Waals surface area contributed by atoms with Crippen molar-refractivity contribution in [2.75, 3.05) is 11.9 Å². The van der Waals surface area contributed by atoms with Crippen molar-refractivity contribution in [2.45, 2.75) is 43.5 Å². The van der Waals surface area contributed by atoms with Crippen LogP contribution < -0.4 is 5.32 Å². The number of carbonyl (C=O) groups excluding carboxylic acids is 1. The SMILES string of the molecule is CC(=O)Nc1ccc(S(=O)(=O)N2CCCC2C2CC2)cc1. The molecule has 0 radical (unpaired) electrons. The summed E-state index contributed by atoms with van der Waals surface area (Å²) >= 11 is 0. The van der Waals surface area contributed by atoms with Crippen LogP contribution in [-0.4, -0.2) is 31.2 Å². The molecule has 1 heterocycles. The average Bonchev–Trinajstić information content (AvgIpc) is 3.15. The molecule has 0 bridgehead atoms. The van der Waals surface area contributed by atoms with E-state index in [-0.39, 0.29) is 11.9 Å². The molecule has 1 atom stereocenters. The third-order valence-electron chi connectivity index (χ3n) is 4.20. The van der Waals surface area contributed by atoms with Gasteiger partial charge in [0.1, 0.15) is 0 Å². The zero-order valence-corrected chi connectivity index (χ0v) is 12.9. The molecule has 5 nitrogen and oxygen atoms in total. The molecule has 2 aliphatic rings. The van der Waals surface area contributed by atoms with Gasteiger partial charge in [0.2, 0.25) is 15.9 Å². The highest BCUT2D eigenvalue weighted by Gasteiger charge is 2.43. The predicted octanol–water partition coefficient (Wildman–Crippen LogP) is 2.21. The van der Waals surface area contributed by atoms with Gasteiger partial charge in [0.25, 0.3) is 0 Å². The Bertz CT molecular complexity index is 635. The Kier molecular flexibility index (Phi) is 3.75. The highest BCUT2D eigenvalue weighted by Crippen LogP contribution is 2.42. The number of sulfonamides is 1. The molecular weight excluding hydrogens is 288 g/mol. The second-order valence-electron chi connectivity index (χ2n) is 5.87. The third-order valence-corrected chi connectivity index (χ3v) is 6.13. The molecule has 21 heavy (non-hydrogen) atoms. The van der Waals surface area contributed by atoms with E-state index in [0.29, 0.717) is 23.0 Å². The first-order valence-electron chi connectivity index (χ1n) is 7.38. The van der Waals surface area contributed by atoms with Crippen LogP contribution in [0.4, 0.5) is 5.69 Å². The monoisotopic (exact) mass is 308 g/mol. The van der Waals surface area contributed by atoms with Crippen molar-refractivity contribution in [3.05, 3.63) is 24.3 Å². The van der Waals surface area contributed by atoms with E-state index in [4.69, 9.17) is 0 Å². The molecule has 114 valence electrons. The van der Waals surface area contributed by atoms with Crippen molar-refractivity contribution in [3.8, 4) is 0 Å². The van der Waals surface area contributed by atoms with Gasteiger partial charge in [0, 0.05) is 25.2 Å². The molecule has 1 N–H and O–H groups in total. The summed E-state index contributed by atoms with van der Waals surface area (Å²) in [4.78, 5) is 11.3. The van der Waals surface area contributed by atoms with Crippen LogP contribution in [0, 0.1) is 5.92 Å². The normalized spacial score (nSPS) is 23.2. The van der Waals surface area contributed by atoms with Crippen molar-refractivity contribution < 1.29 is 13.2 Å². The fourth-order valence-corrected chi connectivity index (χ4v) is 4.82. The Labute approximate surface area is 125 Å². The second-order valence-corrected chi connectivity index (χ2v) is 7.76. The van der Waals surface area contributed by atoms with Gasteiger partial charge in [-0.3, -0.25) is 4.79 Å². The molecule has 6 heteroatoms. The largest absolute Gasteiger partial charge is 0.326 e. The minimum Gasteiger partial charge on any atom is -0.326 e. The number of nitrogens with zero attached hydrogens (tertiary/aromatic N) is 1. The molecule has 1 aliphatic heterocycles. The number of benzene rings is 1. The van der Waals surface area contributed by atoms with E-state index in [1.165, 1.54) is 6.92 Å². The van der Waals surface area contributed by atoms with E-state index < -0.39 is 10.0 Å². The Morgan fingerprint density at radius 2 is 1.86 bits per heavy atom. The first kappa shape index (κ1) is 14.5. The summed E-state index contributed by atoms with van der Waals surface area (Å²) in [6.45, 7) is 2.05. The number of carbonyl (C=O) groups is 1. The smallest absolute Gasteiger partial charge is 0.243 e. The van der Waals surface area contributed by atoms with Crippen molar-refractivity contribution >= 4 is 21.6 Å². The Morgan fingerprint density at radius 3 is 2.43 bits per heavy atom. The summed E-state index contributed by atoms with van der Waals surface area (Å²) in [5.41, 5.74) is 0.613. The minimum atomic E-state index is -3.42. The van der Waals surface area contributed by atoms with Crippen LogP contribution >= 0.6 is 0 Å².